The standard InChI is InChI=1S/C20H13F2NO3/c21-20(22)26-16-5-3-4-14(12-16)8-9-15-10-11-23(13-15)18-7-2-1-6-17(18)19(24)25/h1-7,10-13,20H,(H,24,25). The van der Waals surface area contributed by atoms with Crippen molar-refractivity contribution in [1.82, 2.24) is 4.57 Å². The molecule has 3 aromatic rings. The minimum atomic E-state index is -2.89. The molecule has 3 rings (SSSR count). The first-order valence-electron chi connectivity index (χ1n) is 7.60. The van der Waals surface area contributed by atoms with Crippen LogP contribution in [0.4, 0.5) is 8.78 Å². The number of carboxylic acid groups (broad SMARTS) is 1. The van der Waals surface area contributed by atoms with Crippen molar-refractivity contribution in [3.63, 3.8) is 0 Å². The summed E-state index contributed by atoms with van der Waals surface area (Å²) in [6, 6.07) is 14.5. The van der Waals surface area contributed by atoms with Gasteiger partial charge in [0.1, 0.15) is 5.75 Å². The van der Waals surface area contributed by atoms with E-state index in [0.717, 1.165) is 0 Å². The maximum Gasteiger partial charge on any atom is 0.387 e. The molecule has 0 saturated carbocycles. The van der Waals surface area contributed by atoms with Crippen molar-refractivity contribution < 1.29 is 23.4 Å². The number of alkyl halides is 2. The molecule has 1 N–H and O–H groups in total. The number of aromatic carboxylic acids is 1. The Hall–Kier alpha value is -3.59. The Morgan fingerprint density at radius 3 is 2.58 bits per heavy atom. The van der Waals surface area contributed by atoms with Gasteiger partial charge in [0.2, 0.25) is 0 Å². The van der Waals surface area contributed by atoms with E-state index in [0.29, 0.717) is 16.8 Å². The first kappa shape index (κ1) is 17.2. The van der Waals surface area contributed by atoms with Crippen LogP contribution in [0.3, 0.4) is 0 Å². The van der Waals surface area contributed by atoms with E-state index in [-0.39, 0.29) is 11.3 Å². The molecular formula is C20H13F2NO3. The molecule has 1 aromatic heterocycles. The summed E-state index contributed by atoms with van der Waals surface area (Å²) in [6.07, 6.45) is 3.41. The summed E-state index contributed by atoms with van der Waals surface area (Å²) in [4.78, 5) is 11.3. The van der Waals surface area contributed by atoms with Crippen LogP contribution < -0.4 is 4.74 Å². The van der Waals surface area contributed by atoms with E-state index >= 15 is 0 Å². The third kappa shape index (κ3) is 4.08. The van der Waals surface area contributed by atoms with Crippen LogP contribution in [0.2, 0.25) is 0 Å². The highest BCUT2D eigenvalue weighted by Gasteiger charge is 2.10. The van der Waals surface area contributed by atoms with E-state index in [4.69, 9.17) is 0 Å². The zero-order valence-corrected chi connectivity index (χ0v) is 13.4. The number of aromatic nitrogens is 1. The van der Waals surface area contributed by atoms with Crippen molar-refractivity contribution in [2.75, 3.05) is 0 Å². The Kier molecular flexibility index (Phi) is 4.99. The third-order valence-electron chi connectivity index (χ3n) is 3.52. The van der Waals surface area contributed by atoms with Gasteiger partial charge in [-0.05, 0) is 36.4 Å². The van der Waals surface area contributed by atoms with E-state index < -0.39 is 12.6 Å². The minimum absolute atomic E-state index is 0.0414. The number of halogens is 2. The predicted molar refractivity (Wildman–Crippen MR) is 91.8 cm³/mol. The number of hydrogen-bond donors (Lipinski definition) is 1. The van der Waals surface area contributed by atoms with Crippen molar-refractivity contribution in [3.8, 4) is 23.3 Å². The number of carbonyl (C=O) groups is 1. The zero-order valence-electron chi connectivity index (χ0n) is 13.4. The van der Waals surface area contributed by atoms with Crippen LogP contribution in [-0.4, -0.2) is 22.3 Å². The molecule has 0 aliphatic carbocycles. The van der Waals surface area contributed by atoms with Crippen LogP contribution in [0.15, 0.2) is 67.0 Å². The molecule has 0 bridgehead atoms. The molecule has 6 heteroatoms. The average molecular weight is 353 g/mol. The maximum atomic E-state index is 12.3. The Labute approximate surface area is 148 Å². The zero-order chi connectivity index (χ0) is 18.5. The number of benzene rings is 2. The number of nitrogens with zero attached hydrogens (tertiary/aromatic N) is 1. The molecule has 0 aliphatic rings. The highest BCUT2D eigenvalue weighted by atomic mass is 19.3. The van der Waals surface area contributed by atoms with Gasteiger partial charge in [0.25, 0.3) is 0 Å². The summed E-state index contributed by atoms with van der Waals surface area (Å²) in [5.41, 5.74) is 1.90. The number of ether oxygens (including phenoxy) is 1. The van der Waals surface area contributed by atoms with E-state index in [1.165, 1.54) is 18.2 Å². The summed E-state index contributed by atoms with van der Waals surface area (Å²) >= 11 is 0. The third-order valence-corrected chi connectivity index (χ3v) is 3.52. The number of rotatable bonds is 4. The van der Waals surface area contributed by atoms with Crippen LogP contribution in [0, 0.1) is 11.8 Å². The molecule has 26 heavy (non-hydrogen) atoms. The molecule has 130 valence electrons. The van der Waals surface area contributed by atoms with Gasteiger partial charge in [0.05, 0.1) is 11.3 Å². The fraction of sp³-hybridized carbons (Fsp3) is 0.0500. The van der Waals surface area contributed by atoms with E-state index in [1.54, 1.807) is 53.4 Å². The van der Waals surface area contributed by atoms with Crippen LogP contribution in [0.5, 0.6) is 5.75 Å². The second kappa shape index (κ2) is 7.53. The van der Waals surface area contributed by atoms with Crippen molar-refractivity contribution in [3.05, 3.63) is 83.7 Å². The molecule has 0 amide bonds. The summed E-state index contributed by atoms with van der Waals surface area (Å²) < 4.78 is 30.5. The van der Waals surface area contributed by atoms with Gasteiger partial charge in [-0.3, -0.25) is 0 Å². The van der Waals surface area contributed by atoms with E-state index in [1.807, 2.05) is 0 Å². The lowest BCUT2D eigenvalue weighted by Gasteiger charge is -2.06. The van der Waals surface area contributed by atoms with Gasteiger partial charge < -0.3 is 14.4 Å². The summed E-state index contributed by atoms with van der Waals surface area (Å²) in [5.74, 6) is 4.82. The van der Waals surface area contributed by atoms with Crippen molar-refractivity contribution >= 4 is 5.97 Å². The molecular weight excluding hydrogens is 340 g/mol. The van der Waals surface area contributed by atoms with Gasteiger partial charge in [0.15, 0.2) is 0 Å². The van der Waals surface area contributed by atoms with Crippen LogP contribution in [-0.2, 0) is 0 Å². The SMILES string of the molecule is O=C(O)c1ccccc1-n1ccc(C#Cc2cccc(OC(F)F)c2)c1. The lowest BCUT2D eigenvalue weighted by Crippen LogP contribution is -2.03. The molecule has 0 atom stereocenters. The molecule has 0 unspecified atom stereocenters. The van der Waals surface area contributed by atoms with Crippen molar-refractivity contribution in [2.24, 2.45) is 0 Å². The smallest absolute Gasteiger partial charge is 0.387 e. The van der Waals surface area contributed by atoms with E-state index in [9.17, 15) is 18.7 Å². The lowest BCUT2D eigenvalue weighted by atomic mass is 10.2. The molecule has 0 spiro atoms. The molecule has 0 radical (unpaired) electrons. The second-order valence-electron chi connectivity index (χ2n) is 5.29. The Morgan fingerprint density at radius 1 is 1.04 bits per heavy atom. The molecule has 0 saturated heterocycles. The van der Waals surface area contributed by atoms with Gasteiger partial charge in [0, 0.05) is 23.5 Å². The highest BCUT2D eigenvalue weighted by Crippen LogP contribution is 2.17. The average Bonchev–Trinajstić information content (AvgIpc) is 3.08. The van der Waals surface area contributed by atoms with Gasteiger partial charge >= 0.3 is 12.6 Å². The predicted octanol–water partition coefficient (Wildman–Crippen LogP) is 4.18. The number of para-hydroxylation sites is 1. The van der Waals surface area contributed by atoms with Gasteiger partial charge in [-0.2, -0.15) is 8.78 Å². The maximum absolute atomic E-state index is 12.3. The summed E-state index contributed by atoms with van der Waals surface area (Å²) in [7, 11) is 0. The molecule has 2 aromatic carbocycles. The van der Waals surface area contributed by atoms with Crippen molar-refractivity contribution in [1.29, 1.82) is 0 Å². The van der Waals surface area contributed by atoms with Gasteiger partial charge in [-0.1, -0.05) is 30.0 Å². The Balaban J connectivity index is 1.85. The molecule has 1 heterocycles. The van der Waals surface area contributed by atoms with E-state index in [2.05, 4.69) is 16.6 Å². The first-order valence-corrected chi connectivity index (χ1v) is 7.60. The fourth-order valence-electron chi connectivity index (χ4n) is 2.39. The quantitative estimate of drug-likeness (QED) is 0.716. The Bertz CT molecular complexity index is 999. The van der Waals surface area contributed by atoms with Crippen LogP contribution in [0.25, 0.3) is 5.69 Å². The molecule has 0 aliphatic heterocycles. The summed E-state index contributed by atoms with van der Waals surface area (Å²) in [5, 5.41) is 9.27. The monoisotopic (exact) mass is 353 g/mol. The van der Waals surface area contributed by atoms with Crippen LogP contribution >= 0.6 is 0 Å². The van der Waals surface area contributed by atoms with Gasteiger partial charge in [-0.25, -0.2) is 4.79 Å². The minimum Gasteiger partial charge on any atom is -0.478 e. The highest BCUT2D eigenvalue weighted by molar-refractivity contribution is 5.91. The normalized spacial score (nSPS) is 10.3. The number of carboxylic acids is 1. The fourth-order valence-corrected chi connectivity index (χ4v) is 2.39. The lowest BCUT2D eigenvalue weighted by molar-refractivity contribution is -0.0498. The largest absolute Gasteiger partial charge is 0.478 e. The van der Waals surface area contributed by atoms with Crippen molar-refractivity contribution in [2.45, 2.75) is 6.61 Å². The van der Waals surface area contributed by atoms with Crippen LogP contribution in [0.1, 0.15) is 21.5 Å². The topological polar surface area (TPSA) is 51.5 Å². The first-order chi connectivity index (χ1) is 12.5. The molecule has 4 nitrogen and oxygen atoms in total. The Morgan fingerprint density at radius 2 is 1.81 bits per heavy atom. The summed E-state index contributed by atoms with van der Waals surface area (Å²) in [6.45, 7) is -2.89. The number of hydrogen-bond acceptors (Lipinski definition) is 2. The van der Waals surface area contributed by atoms with Gasteiger partial charge in [-0.15, -0.1) is 0 Å². The second-order valence-corrected chi connectivity index (χ2v) is 5.29. The molecule has 0 fully saturated rings.